The summed E-state index contributed by atoms with van der Waals surface area (Å²) < 4.78 is 19.2. The molecule has 0 saturated carbocycles. The minimum atomic E-state index is -1.83. The number of benzene rings is 2. The summed E-state index contributed by atoms with van der Waals surface area (Å²) in [5, 5.41) is 18.2. The number of rotatable bonds is 4. The summed E-state index contributed by atoms with van der Waals surface area (Å²) in [6, 6.07) is 8.22. The van der Waals surface area contributed by atoms with Crippen LogP contribution in [0.5, 0.6) is 5.75 Å². The standard InChI is InChI=1S/C16H18BFO3/c1-10-6-11(2)12(3)16(7-10)21-9-13-4-5-15(18)14(8-13)17(19)20/h4-8,19-20H,9H2,1-3H3. The average Bonchev–Trinajstić information content (AvgIpc) is 2.42. The van der Waals surface area contributed by atoms with Crippen molar-refractivity contribution in [2.45, 2.75) is 27.4 Å². The van der Waals surface area contributed by atoms with E-state index in [9.17, 15) is 4.39 Å². The lowest BCUT2D eigenvalue weighted by Gasteiger charge is -2.13. The van der Waals surface area contributed by atoms with Crippen molar-refractivity contribution >= 4 is 12.6 Å². The molecule has 21 heavy (non-hydrogen) atoms. The third-order valence-corrected chi connectivity index (χ3v) is 3.50. The fourth-order valence-corrected chi connectivity index (χ4v) is 2.19. The summed E-state index contributed by atoms with van der Waals surface area (Å²) in [6.45, 7) is 6.24. The Balaban J connectivity index is 2.19. The maximum Gasteiger partial charge on any atom is 0.491 e. The van der Waals surface area contributed by atoms with Crippen LogP contribution in [0, 0.1) is 26.6 Å². The largest absolute Gasteiger partial charge is 0.491 e. The van der Waals surface area contributed by atoms with Crippen molar-refractivity contribution < 1.29 is 19.2 Å². The first kappa shape index (κ1) is 15.5. The van der Waals surface area contributed by atoms with Crippen LogP contribution in [0.25, 0.3) is 0 Å². The Morgan fingerprint density at radius 1 is 1.10 bits per heavy atom. The third kappa shape index (κ3) is 3.62. The van der Waals surface area contributed by atoms with E-state index in [0.717, 1.165) is 22.4 Å². The van der Waals surface area contributed by atoms with Crippen molar-refractivity contribution in [1.29, 1.82) is 0 Å². The van der Waals surface area contributed by atoms with Crippen molar-refractivity contribution in [3.8, 4) is 5.75 Å². The summed E-state index contributed by atoms with van der Waals surface area (Å²) in [7, 11) is -1.83. The van der Waals surface area contributed by atoms with Gasteiger partial charge in [-0.3, -0.25) is 0 Å². The van der Waals surface area contributed by atoms with Crippen molar-refractivity contribution in [3.63, 3.8) is 0 Å². The highest BCUT2D eigenvalue weighted by Crippen LogP contribution is 2.24. The second-order valence-corrected chi connectivity index (χ2v) is 5.22. The summed E-state index contributed by atoms with van der Waals surface area (Å²) in [5.74, 6) is 0.138. The Morgan fingerprint density at radius 3 is 2.48 bits per heavy atom. The van der Waals surface area contributed by atoms with E-state index in [-0.39, 0.29) is 12.1 Å². The van der Waals surface area contributed by atoms with Gasteiger partial charge in [0, 0.05) is 5.46 Å². The molecule has 0 unspecified atom stereocenters. The highest BCUT2D eigenvalue weighted by Gasteiger charge is 2.17. The van der Waals surface area contributed by atoms with Crippen LogP contribution in [0.2, 0.25) is 0 Å². The molecule has 0 radical (unpaired) electrons. The van der Waals surface area contributed by atoms with Gasteiger partial charge in [0.05, 0.1) is 0 Å². The van der Waals surface area contributed by atoms with Crippen LogP contribution >= 0.6 is 0 Å². The lowest BCUT2D eigenvalue weighted by molar-refractivity contribution is 0.303. The van der Waals surface area contributed by atoms with E-state index < -0.39 is 12.9 Å². The monoisotopic (exact) mass is 288 g/mol. The molecule has 0 heterocycles. The normalized spacial score (nSPS) is 10.6. The van der Waals surface area contributed by atoms with Gasteiger partial charge >= 0.3 is 7.12 Å². The molecule has 0 aromatic heterocycles. The first-order chi connectivity index (χ1) is 9.88. The minimum absolute atomic E-state index is 0.145. The quantitative estimate of drug-likeness (QED) is 0.846. The smallest absolute Gasteiger partial charge is 0.489 e. The lowest BCUT2D eigenvalue weighted by Crippen LogP contribution is -2.33. The van der Waals surface area contributed by atoms with Gasteiger partial charge in [0.25, 0.3) is 0 Å². The van der Waals surface area contributed by atoms with E-state index in [0.29, 0.717) is 5.56 Å². The van der Waals surface area contributed by atoms with E-state index in [1.54, 1.807) is 6.07 Å². The SMILES string of the molecule is Cc1cc(C)c(C)c(OCc2ccc(F)c(B(O)O)c2)c1. The summed E-state index contributed by atoms with van der Waals surface area (Å²) in [4.78, 5) is 0. The molecule has 0 aliphatic carbocycles. The maximum atomic E-state index is 13.4. The van der Waals surface area contributed by atoms with Gasteiger partial charge in [0.2, 0.25) is 0 Å². The lowest BCUT2D eigenvalue weighted by atomic mass is 9.79. The number of hydrogen-bond acceptors (Lipinski definition) is 3. The van der Waals surface area contributed by atoms with Crippen LogP contribution in [-0.2, 0) is 6.61 Å². The van der Waals surface area contributed by atoms with Gasteiger partial charge in [0.1, 0.15) is 18.2 Å². The van der Waals surface area contributed by atoms with Crippen LogP contribution in [0.1, 0.15) is 22.3 Å². The molecular formula is C16H18BFO3. The maximum absolute atomic E-state index is 13.4. The zero-order valence-corrected chi connectivity index (χ0v) is 12.4. The molecule has 3 nitrogen and oxygen atoms in total. The van der Waals surface area contributed by atoms with Crippen LogP contribution < -0.4 is 10.2 Å². The zero-order valence-electron chi connectivity index (χ0n) is 12.4. The topological polar surface area (TPSA) is 49.7 Å². The van der Waals surface area contributed by atoms with Gasteiger partial charge in [-0.1, -0.05) is 18.2 Å². The second kappa shape index (κ2) is 6.29. The molecule has 0 saturated heterocycles. The number of ether oxygens (including phenoxy) is 1. The molecule has 0 spiro atoms. The van der Waals surface area contributed by atoms with Crippen molar-refractivity contribution in [2.24, 2.45) is 0 Å². The summed E-state index contributed by atoms with van der Waals surface area (Å²) in [5.41, 5.74) is 3.85. The Labute approximate surface area is 124 Å². The Bertz CT molecular complexity index is 656. The Morgan fingerprint density at radius 2 is 1.81 bits per heavy atom. The summed E-state index contributed by atoms with van der Waals surface area (Å²) in [6.07, 6.45) is 0. The Kier molecular flexibility index (Phi) is 4.65. The Hall–Kier alpha value is -1.85. The first-order valence-corrected chi connectivity index (χ1v) is 6.73. The molecule has 2 aromatic carbocycles. The highest BCUT2D eigenvalue weighted by molar-refractivity contribution is 6.58. The van der Waals surface area contributed by atoms with Crippen LogP contribution in [0.15, 0.2) is 30.3 Å². The molecule has 5 heteroatoms. The number of aryl methyl sites for hydroxylation is 2. The van der Waals surface area contributed by atoms with E-state index in [1.165, 1.54) is 12.1 Å². The van der Waals surface area contributed by atoms with Gasteiger partial charge in [0.15, 0.2) is 0 Å². The molecule has 0 atom stereocenters. The fraction of sp³-hybridized carbons (Fsp3) is 0.250. The molecule has 0 aliphatic rings. The molecule has 0 fully saturated rings. The number of halogens is 1. The van der Waals surface area contributed by atoms with E-state index in [4.69, 9.17) is 14.8 Å². The van der Waals surface area contributed by atoms with Gasteiger partial charge in [-0.25, -0.2) is 4.39 Å². The molecule has 0 aliphatic heterocycles. The van der Waals surface area contributed by atoms with E-state index in [1.807, 2.05) is 26.8 Å². The van der Waals surface area contributed by atoms with Gasteiger partial charge in [-0.15, -0.1) is 0 Å². The minimum Gasteiger partial charge on any atom is -0.489 e. The fourth-order valence-electron chi connectivity index (χ4n) is 2.19. The molecule has 2 N–H and O–H groups in total. The molecule has 0 bridgehead atoms. The molecule has 0 amide bonds. The van der Waals surface area contributed by atoms with Gasteiger partial charge < -0.3 is 14.8 Å². The van der Waals surface area contributed by atoms with Gasteiger partial charge in [-0.05, 0) is 55.2 Å². The molecular weight excluding hydrogens is 270 g/mol. The first-order valence-electron chi connectivity index (χ1n) is 6.73. The van der Waals surface area contributed by atoms with Gasteiger partial charge in [-0.2, -0.15) is 0 Å². The zero-order chi connectivity index (χ0) is 15.6. The van der Waals surface area contributed by atoms with E-state index in [2.05, 4.69) is 6.07 Å². The number of hydrogen-bond donors (Lipinski definition) is 2. The van der Waals surface area contributed by atoms with Crippen molar-refractivity contribution in [2.75, 3.05) is 0 Å². The predicted molar refractivity (Wildman–Crippen MR) is 81.2 cm³/mol. The third-order valence-electron chi connectivity index (χ3n) is 3.50. The second-order valence-electron chi connectivity index (χ2n) is 5.22. The molecule has 2 rings (SSSR count). The predicted octanol–water partition coefficient (Wildman–Crippen LogP) is 2.01. The van der Waals surface area contributed by atoms with E-state index >= 15 is 0 Å². The van der Waals surface area contributed by atoms with Crippen LogP contribution in [-0.4, -0.2) is 17.2 Å². The summed E-state index contributed by atoms with van der Waals surface area (Å²) >= 11 is 0. The molecule has 110 valence electrons. The average molecular weight is 288 g/mol. The molecule has 2 aromatic rings. The highest BCUT2D eigenvalue weighted by atomic mass is 19.1. The van der Waals surface area contributed by atoms with Crippen LogP contribution in [0.4, 0.5) is 4.39 Å². The van der Waals surface area contributed by atoms with Crippen molar-refractivity contribution in [1.82, 2.24) is 0 Å². The van der Waals surface area contributed by atoms with Crippen molar-refractivity contribution in [3.05, 3.63) is 58.4 Å². The van der Waals surface area contributed by atoms with Crippen LogP contribution in [0.3, 0.4) is 0 Å².